The van der Waals surface area contributed by atoms with Gasteiger partial charge < -0.3 is 19.3 Å². The summed E-state index contributed by atoms with van der Waals surface area (Å²) in [5.41, 5.74) is 0.899. The summed E-state index contributed by atoms with van der Waals surface area (Å²) < 4.78 is 17.1. The second kappa shape index (κ2) is 6.05. The lowest BCUT2D eigenvalue weighted by molar-refractivity contribution is -0.138. The fourth-order valence-electron chi connectivity index (χ4n) is 4.29. The van der Waals surface area contributed by atoms with Crippen LogP contribution >= 0.6 is 0 Å². The van der Waals surface area contributed by atoms with Gasteiger partial charge in [-0.1, -0.05) is 13.8 Å². The Morgan fingerprint density at radius 2 is 2.12 bits per heavy atom. The molecule has 1 N–H and O–H groups in total. The molecule has 0 amide bonds. The second-order valence-corrected chi connectivity index (χ2v) is 7.72. The molecule has 1 fully saturated rings. The van der Waals surface area contributed by atoms with Crippen LogP contribution < -0.4 is 9.47 Å². The molecule has 5 nitrogen and oxygen atoms in total. The van der Waals surface area contributed by atoms with Gasteiger partial charge in [-0.3, -0.25) is 4.79 Å². The van der Waals surface area contributed by atoms with Gasteiger partial charge in [0.15, 0.2) is 18.3 Å². The van der Waals surface area contributed by atoms with Crippen LogP contribution in [0.2, 0.25) is 0 Å². The zero-order valence-corrected chi connectivity index (χ0v) is 14.8. The van der Waals surface area contributed by atoms with E-state index in [1.54, 1.807) is 13.2 Å². The first-order valence-corrected chi connectivity index (χ1v) is 8.42. The van der Waals surface area contributed by atoms with Crippen LogP contribution in [0, 0.1) is 11.3 Å². The third kappa shape index (κ3) is 2.70. The van der Waals surface area contributed by atoms with Crippen molar-refractivity contribution in [3.63, 3.8) is 0 Å². The lowest BCUT2D eigenvalue weighted by Gasteiger charge is -2.55. The predicted octanol–water partition coefficient (Wildman–Crippen LogP) is 2.97. The highest BCUT2D eigenvalue weighted by Gasteiger charge is 2.54. The summed E-state index contributed by atoms with van der Waals surface area (Å²) in [6.45, 7) is 6.41. The van der Waals surface area contributed by atoms with Gasteiger partial charge in [-0.2, -0.15) is 0 Å². The molecule has 5 heteroatoms. The summed E-state index contributed by atoms with van der Waals surface area (Å²) in [6.07, 6.45) is 2.73. The summed E-state index contributed by atoms with van der Waals surface area (Å²) in [7, 11) is 1.55. The highest BCUT2D eigenvalue weighted by atomic mass is 16.7. The molecule has 0 unspecified atom stereocenters. The van der Waals surface area contributed by atoms with Gasteiger partial charge in [-0.25, -0.2) is 0 Å². The number of fused-ring (bicyclic) bond motifs is 2. The molecule has 0 bridgehead atoms. The molecule has 1 aliphatic heterocycles. The normalized spacial score (nSPS) is 30.7. The zero-order chi connectivity index (χ0) is 17.5. The van der Waals surface area contributed by atoms with Gasteiger partial charge >= 0.3 is 0 Å². The van der Waals surface area contributed by atoms with Gasteiger partial charge in [0.05, 0.1) is 6.10 Å². The number of aliphatic hydroxyl groups excluding tert-OH is 1. The molecule has 3 rings (SSSR count). The molecule has 24 heavy (non-hydrogen) atoms. The number of rotatable bonds is 4. The van der Waals surface area contributed by atoms with Crippen molar-refractivity contribution >= 4 is 6.29 Å². The fourth-order valence-corrected chi connectivity index (χ4v) is 4.29. The molecular formula is C19H26O5. The van der Waals surface area contributed by atoms with Crippen LogP contribution in [0.4, 0.5) is 0 Å². The second-order valence-electron chi connectivity index (χ2n) is 7.72. The quantitative estimate of drug-likeness (QED) is 0.677. The van der Waals surface area contributed by atoms with Gasteiger partial charge in [0.1, 0.15) is 11.9 Å². The van der Waals surface area contributed by atoms with E-state index in [2.05, 4.69) is 20.8 Å². The standard InChI is InChI=1S/C19H26O5/c1-18(2)15-9-13-7-12(10-20)8-14(23-11-22-4)17(13)24-19(15,3)6-5-16(18)21/h7-8,10,15-16,21H,5-6,9,11H2,1-4H3/t15-,16-,19-/m1/s1. The average Bonchev–Trinajstić information content (AvgIpc) is 2.55. The number of ether oxygens (including phenoxy) is 3. The molecule has 1 saturated carbocycles. The number of carbonyl (C=O) groups excluding carboxylic acids is 1. The number of methoxy groups -OCH3 is 1. The minimum atomic E-state index is -0.358. The molecule has 1 heterocycles. The van der Waals surface area contributed by atoms with E-state index in [9.17, 15) is 9.90 Å². The largest absolute Gasteiger partial charge is 0.483 e. The molecule has 0 saturated heterocycles. The molecule has 0 aromatic heterocycles. The number of hydrogen-bond acceptors (Lipinski definition) is 5. The first-order chi connectivity index (χ1) is 11.3. The van der Waals surface area contributed by atoms with Crippen molar-refractivity contribution in [3.05, 3.63) is 23.3 Å². The van der Waals surface area contributed by atoms with Crippen LogP contribution in [0.3, 0.4) is 0 Å². The Morgan fingerprint density at radius 1 is 1.38 bits per heavy atom. The smallest absolute Gasteiger partial charge is 0.188 e. The van der Waals surface area contributed by atoms with Crippen LogP contribution in [0.5, 0.6) is 11.5 Å². The van der Waals surface area contributed by atoms with Gasteiger partial charge in [0.25, 0.3) is 0 Å². The van der Waals surface area contributed by atoms with Crippen LogP contribution in [-0.4, -0.2) is 37.0 Å². The molecule has 0 radical (unpaired) electrons. The number of aliphatic hydroxyl groups is 1. The summed E-state index contributed by atoms with van der Waals surface area (Å²) in [4.78, 5) is 11.3. The zero-order valence-electron chi connectivity index (χ0n) is 14.8. The van der Waals surface area contributed by atoms with Crippen LogP contribution in [0.1, 0.15) is 49.5 Å². The van der Waals surface area contributed by atoms with Crippen LogP contribution in [0.25, 0.3) is 0 Å². The lowest BCUT2D eigenvalue weighted by Crippen LogP contribution is -2.58. The number of hydrogen-bond donors (Lipinski definition) is 1. The lowest BCUT2D eigenvalue weighted by atomic mass is 9.57. The summed E-state index contributed by atoms with van der Waals surface area (Å²) in [5, 5.41) is 10.5. The summed E-state index contributed by atoms with van der Waals surface area (Å²) >= 11 is 0. The Labute approximate surface area is 142 Å². The first kappa shape index (κ1) is 17.2. The van der Waals surface area contributed by atoms with Gasteiger partial charge in [-0.15, -0.1) is 0 Å². The van der Waals surface area contributed by atoms with E-state index >= 15 is 0 Å². The van der Waals surface area contributed by atoms with Crippen LogP contribution in [-0.2, 0) is 11.2 Å². The molecule has 1 aromatic carbocycles. The Balaban J connectivity index is 2.05. The van der Waals surface area contributed by atoms with Crippen molar-refractivity contribution in [1.29, 1.82) is 0 Å². The van der Waals surface area contributed by atoms with E-state index in [1.807, 2.05) is 6.07 Å². The highest BCUT2D eigenvalue weighted by Crippen LogP contribution is 2.54. The number of carbonyl (C=O) groups is 1. The molecule has 132 valence electrons. The van der Waals surface area contributed by atoms with Crippen LogP contribution in [0.15, 0.2) is 12.1 Å². The van der Waals surface area contributed by atoms with E-state index in [4.69, 9.17) is 14.2 Å². The summed E-state index contributed by atoms with van der Waals surface area (Å²) in [6, 6.07) is 3.55. The predicted molar refractivity (Wildman–Crippen MR) is 89.6 cm³/mol. The topological polar surface area (TPSA) is 65.0 Å². The van der Waals surface area contributed by atoms with Gasteiger partial charge in [-0.05, 0) is 49.3 Å². The maximum atomic E-state index is 11.3. The van der Waals surface area contributed by atoms with E-state index in [0.29, 0.717) is 17.1 Å². The van der Waals surface area contributed by atoms with Crippen molar-refractivity contribution in [1.82, 2.24) is 0 Å². The maximum Gasteiger partial charge on any atom is 0.188 e. The monoisotopic (exact) mass is 334 g/mol. The Morgan fingerprint density at radius 3 is 2.79 bits per heavy atom. The van der Waals surface area contributed by atoms with Crippen molar-refractivity contribution in [3.8, 4) is 11.5 Å². The number of aldehydes is 1. The maximum absolute atomic E-state index is 11.3. The van der Waals surface area contributed by atoms with E-state index in [1.165, 1.54) is 0 Å². The molecule has 2 aliphatic rings. The van der Waals surface area contributed by atoms with Gasteiger partial charge in [0, 0.05) is 18.6 Å². The minimum Gasteiger partial charge on any atom is -0.483 e. The number of benzene rings is 1. The van der Waals surface area contributed by atoms with E-state index in [0.717, 1.165) is 31.1 Å². The van der Waals surface area contributed by atoms with Crippen molar-refractivity contribution in [2.75, 3.05) is 13.9 Å². The molecular weight excluding hydrogens is 308 g/mol. The SMILES string of the molecule is COCOc1cc(C=O)cc2c1O[C@]1(C)CC[C@@H](O)C(C)(C)[C@H]1C2. The van der Waals surface area contributed by atoms with E-state index < -0.39 is 0 Å². The fraction of sp³-hybridized carbons (Fsp3) is 0.632. The first-order valence-electron chi connectivity index (χ1n) is 8.42. The van der Waals surface area contributed by atoms with E-state index in [-0.39, 0.29) is 29.8 Å². The Hall–Kier alpha value is -1.59. The van der Waals surface area contributed by atoms with Crippen molar-refractivity contribution < 1.29 is 24.1 Å². The third-order valence-corrected chi connectivity index (χ3v) is 5.79. The molecule has 1 aromatic rings. The summed E-state index contributed by atoms with van der Waals surface area (Å²) in [5.74, 6) is 1.40. The van der Waals surface area contributed by atoms with Crippen molar-refractivity contribution in [2.24, 2.45) is 11.3 Å². The Kier molecular flexibility index (Phi) is 4.34. The van der Waals surface area contributed by atoms with Gasteiger partial charge in [0.2, 0.25) is 0 Å². The Bertz CT molecular complexity index is 639. The van der Waals surface area contributed by atoms with Crippen molar-refractivity contribution in [2.45, 2.75) is 51.7 Å². The molecule has 0 spiro atoms. The minimum absolute atomic E-state index is 0.0997. The molecule has 3 atom stereocenters. The highest BCUT2D eigenvalue weighted by molar-refractivity contribution is 5.77. The molecule has 1 aliphatic carbocycles. The third-order valence-electron chi connectivity index (χ3n) is 5.79. The average molecular weight is 334 g/mol.